The molecule has 3 saturated carbocycles. The number of nitrogens with zero attached hydrogens (tertiary/aromatic N) is 1. The van der Waals surface area contributed by atoms with Crippen molar-refractivity contribution in [1.29, 1.82) is 5.26 Å². The molecule has 0 aromatic rings. The van der Waals surface area contributed by atoms with Crippen molar-refractivity contribution in [3.8, 4) is 6.07 Å². The van der Waals surface area contributed by atoms with Crippen molar-refractivity contribution in [2.75, 3.05) is 7.11 Å². The van der Waals surface area contributed by atoms with Crippen LogP contribution in [0.5, 0.6) is 0 Å². The van der Waals surface area contributed by atoms with Gasteiger partial charge in [0.05, 0.1) is 24.0 Å². The summed E-state index contributed by atoms with van der Waals surface area (Å²) in [7, 11) is 1.45. The number of carbonyl (C=O) groups excluding carboxylic acids is 2. The molecule has 3 fully saturated rings. The highest BCUT2D eigenvalue weighted by atomic mass is 16.5. The lowest BCUT2D eigenvalue weighted by atomic mass is 9.54. The van der Waals surface area contributed by atoms with Gasteiger partial charge in [0, 0.05) is 12.8 Å². The van der Waals surface area contributed by atoms with Crippen molar-refractivity contribution in [3.63, 3.8) is 0 Å². The van der Waals surface area contributed by atoms with Crippen LogP contribution in [0.25, 0.3) is 0 Å². The van der Waals surface area contributed by atoms with Crippen molar-refractivity contribution in [3.05, 3.63) is 0 Å². The number of ketones is 1. The zero-order chi connectivity index (χ0) is 16.2. The first kappa shape index (κ1) is 15.5. The monoisotopic (exact) mass is 303 g/mol. The highest BCUT2D eigenvalue weighted by molar-refractivity contribution is 5.81. The molecule has 22 heavy (non-hydrogen) atoms. The molecule has 0 aliphatic heterocycles. The lowest BCUT2D eigenvalue weighted by Crippen LogP contribution is -2.48. The maximum Gasteiger partial charge on any atom is 0.311 e. The van der Waals surface area contributed by atoms with Crippen molar-refractivity contribution in [1.82, 2.24) is 0 Å². The van der Waals surface area contributed by atoms with E-state index in [0.29, 0.717) is 19.3 Å². The molecule has 120 valence electrons. The van der Waals surface area contributed by atoms with Crippen molar-refractivity contribution < 1.29 is 14.3 Å². The molecule has 0 unspecified atom stereocenters. The summed E-state index contributed by atoms with van der Waals surface area (Å²) in [5.74, 6) is 0.426. The van der Waals surface area contributed by atoms with E-state index in [1.54, 1.807) is 0 Å². The highest BCUT2D eigenvalue weighted by Crippen LogP contribution is 2.70. The molecule has 0 aromatic carbocycles. The Kier molecular flexibility index (Phi) is 3.39. The Hall–Kier alpha value is -1.37. The summed E-state index contributed by atoms with van der Waals surface area (Å²) in [6.45, 7) is 4.25. The number of methoxy groups -OCH3 is 1. The Morgan fingerprint density at radius 2 is 2.05 bits per heavy atom. The molecule has 3 aliphatic carbocycles. The Balaban J connectivity index is 2.07. The number of hydrogen-bond donors (Lipinski definition) is 0. The summed E-state index contributed by atoms with van der Waals surface area (Å²) >= 11 is 0. The first-order valence-corrected chi connectivity index (χ1v) is 8.34. The third-order valence-corrected chi connectivity index (χ3v) is 7.11. The molecule has 0 saturated heterocycles. The van der Waals surface area contributed by atoms with E-state index in [9.17, 15) is 14.9 Å². The maximum absolute atomic E-state index is 12.5. The van der Waals surface area contributed by atoms with Gasteiger partial charge in [-0.25, -0.2) is 0 Å². The molecule has 4 heteroatoms. The summed E-state index contributed by atoms with van der Waals surface area (Å²) in [5, 5.41) is 9.88. The van der Waals surface area contributed by atoms with E-state index in [0.717, 1.165) is 25.7 Å². The molecule has 4 nitrogen and oxygen atoms in total. The molecule has 3 rings (SSSR count). The molecular weight excluding hydrogens is 278 g/mol. The second-order valence-electron chi connectivity index (χ2n) is 8.10. The van der Waals surface area contributed by atoms with Gasteiger partial charge in [0.15, 0.2) is 0 Å². The Morgan fingerprint density at radius 3 is 2.68 bits per heavy atom. The largest absolute Gasteiger partial charge is 0.469 e. The van der Waals surface area contributed by atoms with Crippen molar-refractivity contribution in [2.45, 2.75) is 58.8 Å². The highest BCUT2D eigenvalue weighted by Gasteiger charge is 2.67. The minimum atomic E-state index is -0.561. The normalized spacial score (nSPS) is 47.3. The van der Waals surface area contributed by atoms with Crippen LogP contribution in [-0.2, 0) is 14.3 Å². The molecule has 0 amide bonds. The second kappa shape index (κ2) is 4.81. The third kappa shape index (κ3) is 1.81. The summed E-state index contributed by atoms with van der Waals surface area (Å²) in [5.41, 5.74) is -1.11. The quantitative estimate of drug-likeness (QED) is 0.697. The Morgan fingerprint density at radius 1 is 1.32 bits per heavy atom. The van der Waals surface area contributed by atoms with E-state index in [1.165, 1.54) is 7.11 Å². The maximum atomic E-state index is 12.5. The van der Waals surface area contributed by atoms with Crippen LogP contribution >= 0.6 is 0 Å². The van der Waals surface area contributed by atoms with Crippen molar-refractivity contribution >= 4 is 11.8 Å². The van der Waals surface area contributed by atoms with E-state index in [-0.39, 0.29) is 29.0 Å². The molecule has 3 aliphatic rings. The fraction of sp³-hybridized carbons (Fsp3) is 0.833. The third-order valence-electron chi connectivity index (χ3n) is 7.11. The number of esters is 1. The predicted octanol–water partition coefficient (Wildman–Crippen LogP) is 3.25. The summed E-state index contributed by atoms with van der Waals surface area (Å²) in [4.78, 5) is 24.5. The summed E-state index contributed by atoms with van der Waals surface area (Å²) in [6.07, 6.45) is 5.29. The molecule has 0 aromatic heterocycles. The fourth-order valence-corrected chi connectivity index (χ4v) is 6.11. The van der Waals surface area contributed by atoms with Crippen LogP contribution in [-0.4, -0.2) is 18.9 Å². The number of rotatable bonds is 1. The predicted molar refractivity (Wildman–Crippen MR) is 80.6 cm³/mol. The van der Waals surface area contributed by atoms with Crippen LogP contribution in [0.1, 0.15) is 58.8 Å². The Labute approximate surface area is 132 Å². The van der Waals surface area contributed by atoms with Gasteiger partial charge >= 0.3 is 5.97 Å². The number of carbonyl (C=O) groups is 2. The van der Waals surface area contributed by atoms with Crippen LogP contribution in [0.15, 0.2) is 0 Å². The van der Waals surface area contributed by atoms with Crippen LogP contribution in [0.4, 0.5) is 0 Å². The van der Waals surface area contributed by atoms with Gasteiger partial charge < -0.3 is 4.74 Å². The number of hydrogen-bond acceptors (Lipinski definition) is 4. The Bertz CT molecular complexity index is 565. The topological polar surface area (TPSA) is 67.2 Å². The first-order chi connectivity index (χ1) is 10.3. The van der Waals surface area contributed by atoms with Crippen LogP contribution in [0.3, 0.4) is 0 Å². The smallest absolute Gasteiger partial charge is 0.311 e. The average Bonchev–Trinajstić information content (AvgIpc) is 2.77. The van der Waals surface area contributed by atoms with Gasteiger partial charge in [-0.1, -0.05) is 13.3 Å². The zero-order valence-corrected chi connectivity index (χ0v) is 13.8. The van der Waals surface area contributed by atoms with Gasteiger partial charge in [-0.15, -0.1) is 0 Å². The minimum absolute atomic E-state index is 0.0301. The van der Waals surface area contributed by atoms with Gasteiger partial charge in [-0.2, -0.15) is 5.26 Å². The van der Waals surface area contributed by atoms with Gasteiger partial charge in [-0.3, -0.25) is 9.59 Å². The minimum Gasteiger partial charge on any atom is -0.469 e. The summed E-state index contributed by atoms with van der Waals surface area (Å²) in [6, 6.07) is 2.51. The van der Waals surface area contributed by atoms with E-state index >= 15 is 0 Å². The number of nitriles is 1. The molecule has 0 N–H and O–H groups in total. The van der Waals surface area contributed by atoms with Gasteiger partial charge in [0.25, 0.3) is 0 Å². The molecule has 0 radical (unpaired) electrons. The number of fused-ring (bicyclic) bond motifs is 3. The lowest BCUT2D eigenvalue weighted by Gasteiger charge is -2.50. The van der Waals surface area contributed by atoms with Gasteiger partial charge in [0.1, 0.15) is 5.78 Å². The SMILES string of the molecule is COC(=O)[C@]1(C)CCC[C@@]2(C)[C@H]1C[C@@]1(C#N)CC(=O)CC[C@@H]12. The van der Waals surface area contributed by atoms with E-state index < -0.39 is 10.8 Å². The number of ether oxygens (including phenoxy) is 1. The van der Waals surface area contributed by atoms with Crippen LogP contribution in [0, 0.1) is 39.4 Å². The molecule has 0 heterocycles. The van der Waals surface area contributed by atoms with Crippen LogP contribution < -0.4 is 0 Å². The second-order valence-corrected chi connectivity index (χ2v) is 8.10. The van der Waals surface area contributed by atoms with Gasteiger partial charge in [-0.05, 0) is 49.9 Å². The van der Waals surface area contributed by atoms with Crippen molar-refractivity contribution in [2.24, 2.45) is 28.1 Å². The molecule has 0 bridgehead atoms. The zero-order valence-electron chi connectivity index (χ0n) is 13.8. The van der Waals surface area contributed by atoms with E-state index in [2.05, 4.69) is 13.0 Å². The standard InChI is InChI=1S/C18H25NO3/c1-16-7-4-8-17(2,15(21)22-3)14(16)10-18(11-19)9-12(20)5-6-13(16)18/h13-14H,4-10H2,1-3H3/t13-,14-,16-,17-,18-/m1/s1. The first-order valence-electron chi connectivity index (χ1n) is 8.34. The van der Waals surface area contributed by atoms with E-state index in [4.69, 9.17) is 4.74 Å². The fourth-order valence-electron chi connectivity index (χ4n) is 6.11. The van der Waals surface area contributed by atoms with Crippen LogP contribution in [0.2, 0.25) is 0 Å². The average molecular weight is 303 g/mol. The molecular formula is C18H25NO3. The number of Topliss-reactive ketones (excluding diaryl/α,β-unsaturated/α-hetero) is 1. The molecule has 5 atom stereocenters. The summed E-state index contributed by atoms with van der Waals surface area (Å²) < 4.78 is 5.10. The molecule has 0 spiro atoms. The lowest BCUT2D eigenvalue weighted by molar-refractivity contribution is -0.163. The van der Waals surface area contributed by atoms with Gasteiger partial charge in [0.2, 0.25) is 0 Å². The van der Waals surface area contributed by atoms with E-state index in [1.807, 2.05) is 6.92 Å².